The van der Waals surface area contributed by atoms with Gasteiger partial charge in [0.25, 0.3) is 0 Å². The van der Waals surface area contributed by atoms with E-state index in [1.165, 1.54) is 12.1 Å². The summed E-state index contributed by atoms with van der Waals surface area (Å²) in [6.07, 6.45) is -1.14. The molecule has 1 aliphatic rings. The SMILES string of the molecule is Cc1ccc(S(=O)(=O)N2C[C@@H](O)[C@H](N=[N+]=[N-])[C@H]2CO)cc1. The Bertz CT molecular complexity index is 654. The van der Waals surface area contributed by atoms with E-state index in [0.29, 0.717) is 0 Å². The summed E-state index contributed by atoms with van der Waals surface area (Å²) in [5.41, 5.74) is 9.41. The summed E-state index contributed by atoms with van der Waals surface area (Å²) in [7, 11) is -3.87. The predicted octanol–water partition coefficient (Wildman–Crippen LogP) is 0.400. The van der Waals surface area contributed by atoms with Crippen molar-refractivity contribution >= 4 is 10.0 Å². The molecule has 2 rings (SSSR count). The molecule has 1 aromatic carbocycles. The highest BCUT2D eigenvalue weighted by Crippen LogP contribution is 2.28. The lowest BCUT2D eigenvalue weighted by Crippen LogP contribution is -2.41. The zero-order valence-electron chi connectivity index (χ0n) is 11.4. The second kappa shape index (κ2) is 6.00. The van der Waals surface area contributed by atoms with E-state index in [2.05, 4.69) is 10.0 Å². The van der Waals surface area contributed by atoms with Crippen molar-refractivity contribution in [3.8, 4) is 0 Å². The molecule has 114 valence electrons. The molecule has 3 atom stereocenters. The number of aliphatic hydroxyl groups is 2. The minimum absolute atomic E-state index is 0.0698. The van der Waals surface area contributed by atoms with E-state index in [-0.39, 0.29) is 11.4 Å². The lowest BCUT2D eigenvalue weighted by Gasteiger charge is -2.23. The zero-order valence-corrected chi connectivity index (χ0v) is 12.2. The van der Waals surface area contributed by atoms with E-state index in [4.69, 9.17) is 5.53 Å². The summed E-state index contributed by atoms with van der Waals surface area (Å²) in [6, 6.07) is 4.29. The molecule has 0 saturated carbocycles. The molecule has 21 heavy (non-hydrogen) atoms. The Morgan fingerprint density at radius 2 is 2.05 bits per heavy atom. The zero-order chi connectivity index (χ0) is 15.6. The largest absolute Gasteiger partial charge is 0.395 e. The molecule has 1 saturated heterocycles. The number of aryl methyl sites for hydroxylation is 1. The highest BCUT2D eigenvalue weighted by Gasteiger charge is 2.46. The quantitative estimate of drug-likeness (QED) is 0.474. The summed E-state index contributed by atoms with van der Waals surface area (Å²) in [4.78, 5) is 2.67. The Labute approximate surface area is 122 Å². The minimum atomic E-state index is -3.87. The highest BCUT2D eigenvalue weighted by atomic mass is 32.2. The van der Waals surface area contributed by atoms with E-state index >= 15 is 0 Å². The number of benzene rings is 1. The molecule has 2 N–H and O–H groups in total. The van der Waals surface area contributed by atoms with Gasteiger partial charge in [-0.25, -0.2) is 8.42 Å². The number of nitrogens with zero attached hydrogens (tertiary/aromatic N) is 4. The fourth-order valence-corrected chi connectivity index (χ4v) is 4.04. The standard InChI is InChI=1S/C12H16N4O4S/c1-8-2-4-9(5-3-8)21(19,20)16-6-11(18)12(14-15-13)10(16)7-17/h2-5,10-12,17-18H,6-7H2,1H3/t10-,11-,12-/m1/s1. The molecule has 1 aromatic rings. The van der Waals surface area contributed by atoms with Crippen molar-refractivity contribution in [2.75, 3.05) is 13.2 Å². The van der Waals surface area contributed by atoms with Gasteiger partial charge in [-0.05, 0) is 24.6 Å². The summed E-state index contributed by atoms with van der Waals surface area (Å²) in [5, 5.41) is 22.7. The molecule has 8 nitrogen and oxygen atoms in total. The minimum Gasteiger partial charge on any atom is -0.395 e. The summed E-state index contributed by atoms with van der Waals surface area (Å²) in [6.45, 7) is 1.08. The van der Waals surface area contributed by atoms with Crippen LogP contribution >= 0.6 is 0 Å². The van der Waals surface area contributed by atoms with Crippen LogP contribution in [0.1, 0.15) is 5.56 Å². The highest BCUT2D eigenvalue weighted by molar-refractivity contribution is 7.89. The number of aliphatic hydroxyl groups excluding tert-OH is 2. The normalized spacial score (nSPS) is 26.5. The maximum atomic E-state index is 12.6. The Balaban J connectivity index is 2.40. The molecule has 0 amide bonds. The lowest BCUT2D eigenvalue weighted by atomic mass is 10.1. The molecular formula is C12H16N4O4S. The summed E-state index contributed by atoms with van der Waals surface area (Å²) < 4.78 is 26.1. The van der Waals surface area contributed by atoms with Gasteiger partial charge in [-0.3, -0.25) is 0 Å². The molecule has 0 radical (unpaired) electrons. The van der Waals surface area contributed by atoms with Gasteiger partial charge in [0.1, 0.15) is 0 Å². The Morgan fingerprint density at radius 1 is 1.43 bits per heavy atom. The maximum absolute atomic E-state index is 12.6. The van der Waals surface area contributed by atoms with Crippen LogP contribution in [0.15, 0.2) is 34.3 Å². The van der Waals surface area contributed by atoms with Crippen LogP contribution in [0.2, 0.25) is 0 Å². The van der Waals surface area contributed by atoms with Gasteiger partial charge >= 0.3 is 0 Å². The summed E-state index contributed by atoms with van der Waals surface area (Å²) in [5.74, 6) is 0. The van der Waals surface area contributed by atoms with Crippen molar-refractivity contribution in [2.45, 2.75) is 30.0 Å². The second-order valence-electron chi connectivity index (χ2n) is 4.90. The van der Waals surface area contributed by atoms with Crippen LogP contribution in [0.4, 0.5) is 0 Å². The molecule has 0 spiro atoms. The van der Waals surface area contributed by atoms with Gasteiger partial charge in [-0.2, -0.15) is 4.31 Å². The Kier molecular flexibility index (Phi) is 4.50. The van der Waals surface area contributed by atoms with E-state index in [1.54, 1.807) is 12.1 Å². The number of hydrogen-bond acceptors (Lipinski definition) is 5. The third-order valence-electron chi connectivity index (χ3n) is 3.52. The van der Waals surface area contributed by atoms with Gasteiger partial charge < -0.3 is 10.2 Å². The number of azide groups is 1. The Hall–Kier alpha value is -1.64. The van der Waals surface area contributed by atoms with E-state index in [9.17, 15) is 18.6 Å². The smallest absolute Gasteiger partial charge is 0.243 e. The van der Waals surface area contributed by atoms with Crippen molar-refractivity contribution in [3.63, 3.8) is 0 Å². The van der Waals surface area contributed by atoms with Crippen molar-refractivity contribution in [3.05, 3.63) is 40.3 Å². The fourth-order valence-electron chi connectivity index (χ4n) is 2.39. The average Bonchev–Trinajstić information content (AvgIpc) is 2.77. The number of hydrogen-bond donors (Lipinski definition) is 2. The van der Waals surface area contributed by atoms with Crippen molar-refractivity contribution in [1.29, 1.82) is 0 Å². The topological polar surface area (TPSA) is 127 Å². The molecule has 0 unspecified atom stereocenters. The van der Waals surface area contributed by atoms with Crippen LogP contribution in [-0.4, -0.2) is 54.3 Å². The third-order valence-corrected chi connectivity index (χ3v) is 5.43. The molecule has 1 fully saturated rings. The van der Waals surface area contributed by atoms with Crippen LogP contribution < -0.4 is 0 Å². The molecule has 1 heterocycles. The molecular weight excluding hydrogens is 296 g/mol. The van der Waals surface area contributed by atoms with Gasteiger partial charge in [0.15, 0.2) is 0 Å². The average molecular weight is 312 g/mol. The van der Waals surface area contributed by atoms with Crippen molar-refractivity contribution in [1.82, 2.24) is 4.31 Å². The molecule has 0 aromatic heterocycles. The van der Waals surface area contributed by atoms with E-state index in [1.807, 2.05) is 6.92 Å². The first-order valence-electron chi connectivity index (χ1n) is 6.33. The second-order valence-corrected chi connectivity index (χ2v) is 6.79. The first-order valence-corrected chi connectivity index (χ1v) is 7.77. The third kappa shape index (κ3) is 2.87. The first-order chi connectivity index (χ1) is 9.91. The number of β-amino-alcohol motifs (C(OH)–C–C–N with tert-alkyl or cyclic N) is 1. The van der Waals surface area contributed by atoms with Crippen LogP contribution in [0.25, 0.3) is 10.4 Å². The van der Waals surface area contributed by atoms with E-state index < -0.39 is 34.8 Å². The lowest BCUT2D eigenvalue weighted by molar-refractivity contribution is 0.162. The van der Waals surface area contributed by atoms with Gasteiger partial charge in [0.05, 0.1) is 29.7 Å². The fraction of sp³-hybridized carbons (Fsp3) is 0.500. The van der Waals surface area contributed by atoms with Gasteiger partial charge in [-0.15, -0.1) is 0 Å². The molecule has 1 aliphatic heterocycles. The monoisotopic (exact) mass is 312 g/mol. The Morgan fingerprint density at radius 3 is 2.57 bits per heavy atom. The summed E-state index contributed by atoms with van der Waals surface area (Å²) >= 11 is 0. The molecule has 9 heteroatoms. The molecule has 0 bridgehead atoms. The van der Waals surface area contributed by atoms with Crippen LogP contribution in [0, 0.1) is 6.92 Å². The maximum Gasteiger partial charge on any atom is 0.243 e. The first kappa shape index (κ1) is 15.7. The van der Waals surface area contributed by atoms with Crippen molar-refractivity contribution < 1.29 is 18.6 Å². The predicted molar refractivity (Wildman–Crippen MR) is 74.9 cm³/mol. The number of sulfonamides is 1. The van der Waals surface area contributed by atoms with Crippen LogP contribution in [0.3, 0.4) is 0 Å². The van der Waals surface area contributed by atoms with E-state index in [0.717, 1.165) is 9.87 Å². The van der Waals surface area contributed by atoms with Gasteiger partial charge in [0, 0.05) is 11.5 Å². The van der Waals surface area contributed by atoms with Crippen LogP contribution in [0.5, 0.6) is 0 Å². The molecule has 0 aliphatic carbocycles. The van der Waals surface area contributed by atoms with Gasteiger partial charge in [0.2, 0.25) is 10.0 Å². The number of rotatable bonds is 4. The van der Waals surface area contributed by atoms with Crippen LogP contribution in [-0.2, 0) is 10.0 Å². The van der Waals surface area contributed by atoms with Crippen molar-refractivity contribution in [2.24, 2.45) is 5.11 Å². The van der Waals surface area contributed by atoms with Gasteiger partial charge in [-0.1, -0.05) is 22.8 Å².